The van der Waals surface area contributed by atoms with Crippen molar-refractivity contribution in [2.45, 2.75) is 45.3 Å². The number of amides is 1. The molecule has 2 atom stereocenters. The zero-order valence-electron chi connectivity index (χ0n) is 15.1. The van der Waals surface area contributed by atoms with Crippen molar-refractivity contribution < 1.29 is 24.5 Å². The van der Waals surface area contributed by atoms with Gasteiger partial charge in [-0.05, 0) is 36.5 Å². The maximum absolute atomic E-state index is 12.8. The van der Waals surface area contributed by atoms with Crippen LogP contribution in [0.2, 0.25) is 0 Å². The minimum Gasteiger partial charge on any atom is -0.508 e. The highest BCUT2D eigenvalue weighted by molar-refractivity contribution is 6.09. The Morgan fingerprint density at radius 1 is 1.35 bits per heavy atom. The largest absolute Gasteiger partial charge is 0.508 e. The van der Waals surface area contributed by atoms with Crippen molar-refractivity contribution in [3.63, 3.8) is 0 Å². The van der Waals surface area contributed by atoms with Crippen LogP contribution in [0.25, 0.3) is 0 Å². The van der Waals surface area contributed by atoms with Crippen LogP contribution in [0.5, 0.6) is 5.75 Å². The maximum Gasteiger partial charge on any atom is 0.290 e. The lowest BCUT2D eigenvalue weighted by Gasteiger charge is -2.29. The number of carbonyl (C=O) groups is 2. The first-order chi connectivity index (χ1) is 12.4. The maximum atomic E-state index is 12.8. The van der Waals surface area contributed by atoms with Crippen LogP contribution in [-0.2, 0) is 14.3 Å². The molecule has 6 heteroatoms. The van der Waals surface area contributed by atoms with Crippen molar-refractivity contribution in [1.82, 2.24) is 4.90 Å². The number of ether oxygens (including phenoxy) is 1. The van der Waals surface area contributed by atoms with Crippen molar-refractivity contribution in [2.24, 2.45) is 5.92 Å². The van der Waals surface area contributed by atoms with Gasteiger partial charge in [-0.3, -0.25) is 9.59 Å². The summed E-state index contributed by atoms with van der Waals surface area (Å²) < 4.78 is 5.64. The fraction of sp³-hybridized carbons (Fsp3) is 0.500. The molecule has 26 heavy (non-hydrogen) atoms. The first kappa shape index (κ1) is 18.5. The fourth-order valence-electron chi connectivity index (χ4n) is 3.66. The third-order valence-corrected chi connectivity index (χ3v) is 4.81. The van der Waals surface area contributed by atoms with Crippen LogP contribution in [0.3, 0.4) is 0 Å². The number of aromatic hydroxyl groups is 1. The minimum atomic E-state index is -0.704. The second-order valence-electron chi connectivity index (χ2n) is 7.37. The van der Waals surface area contributed by atoms with Crippen LogP contribution in [0.15, 0.2) is 35.6 Å². The summed E-state index contributed by atoms with van der Waals surface area (Å²) in [4.78, 5) is 27.0. The number of hydrogen-bond acceptors (Lipinski definition) is 5. The molecule has 2 N–H and O–H groups in total. The molecule has 2 heterocycles. The van der Waals surface area contributed by atoms with Crippen LogP contribution in [-0.4, -0.2) is 46.1 Å². The number of aliphatic hydroxyl groups excluding tert-OH is 1. The van der Waals surface area contributed by atoms with Gasteiger partial charge in [-0.15, -0.1) is 0 Å². The zero-order valence-corrected chi connectivity index (χ0v) is 15.1. The normalized spacial score (nSPS) is 23.3. The standard InChI is InChI=1S/C20H25NO5/c1-12(2)9-16(23)17-18(13-5-3-6-14(22)10-13)21(20(25)19(17)24)11-15-7-4-8-26-15/h3,5-6,10,12,15,18,22,24H,4,7-9,11H2,1-2H3. The van der Waals surface area contributed by atoms with E-state index in [2.05, 4.69) is 0 Å². The number of hydrogen-bond donors (Lipinski definition) is 2. The lowest BCUT2D eigenvalue weighted by molar-refractivity contribution is -0.131. The summed E-state index contributed by atoms with van der Waals surface area (Å²) in [7, 11) is 0. The van der Waals surface area contributed by atoms with Crippen molar-refractivity contribution in [2.75, 3.05) is 13.2 Å². The van der Waals surface area contributed by atoms with Gasteiger partial charge in [0.2, 0.25) is 0 Å². The van der Waals surface area contributed by atoms with Crippen molar-refractivity contribution in [3.8, 4) is 5.75 Å². The van der Waals surface area contributed by atoms with E-state index in [9.17, 15) is 19.8 Å². The van der Waals surface area contributed by atoms with Crippen molar-refractivity contribution in [3.05, 3.63) is 41.2 Å². The van der Waals surface area contributed by atoms with E-state index in [4.69, 9.17) is 4.74 Å². The second-order valence-corrected chi connectivity index (χ2v) is 7.37. The van der Waals surface area contributed by atoms with E-state index in [0.717, 1.165) is 12.8 Å². The van der Waals surface area contributed by atoms with Crippen LogP contribution >= 0.6 is 0 Å². The van der Waals surface area contributed by atoms with E-state index in [1.807, 2.05) is 13.8 Å². The molecule has 3 rings (SSSR count). The first-order valence-electron chi connectivity index (χ1n) is 9.06. The molecule has 1 amide bonds. The summed E-state index contributed by atoms with van der Waals surface area (Å²) in [6.07, 6.45) is 1.91. The predicted octanol–water partition coefficient (Wildman–Crippen LogP) is 2.88. The number of rotatable bonds is 6. The quantitative estimate of drug-likeness (QED) is 0.815. The van der Waals surface area contributed by atoms with Gasteiger partial charge in [-0.25, -0.2) is 0 Å². The smallest absolute Gasteiger partial charge is 0.290 e. The zero-order chi connectivity index (χ0) is 18.8. The van der Waals surface area contributed by atoms with Gasteiger partial charge in [0.25, 0.3) is 5.91 Å². The highest BCUT2D eigenvalue weighted by atomic mass is 16.5. The monoisotopic (exact) mass is 359 g/mol. The molecular weight excluding hydrogens is 334 g/mol. The lowest BCUT2D eigenvalue weighted by atomic mass is 9.92. The Morgan fingerprint density at radius 2 is 2.12 bits per heavy atom. The Morgan fingerprint density at radius 3 is 2.73 bits per heavy atom. The number of ketones is 1. The van der Waals surface area contributed by atoms with Crippen LogP contribution < -0.4 is 0 Å². The average Bonchev–Trinajstić information content (AvgIpc) is 3.16. The summed E-state index contributed by atoms with van der Waals surface area (Å²) in [5, 5.41) is 20.3. The molecule has 2 aliphatic rings. The second kappa shape index (κ2) is 7.50. The van der Waals surface area contributed by atoms with E-state index >= 15 is 0 Å². The van der Waals surface area contributed by atoms with E-state index in [1.54, 1.807) is 12.1 Å². The Labute approximate surface area is 153 Å². The van der Waals surface area contributed by atoms with Gasteiger partial charge in [0.15, 0.2) is 11.5 Å². The van der Waals surface area contributed by atoms with Gasteiger partial charge >= 0.3 is 0 Å². The lowest BCUT2D eigenvalue weighted by Crippen LogP contribution is -2.37. The van der Waals surface area contributed by atoms with Crippen molar-refractivity contribution in [1.29, 1.82) is 0 Å². The number of phenols is 1. The average molecular weight is 359 g/mol. The molecule has 0 radical (unpaired) electrons. The molecule has 1 aromatic rings. The topological polar surface area (TPSA) is 87.1 Å². The number of carbonyl (C=O) groups excluding carboxylic acids is 2. The highest BCUT2D eigenvalue weighted by Gasteiger charge is 2.44. The molecular formula is C20H25NO5. The van der Waals surface area contributed by atoms with Gasteiger partial charge in [-0.2, -0.15) is 0 Å². The number of benzene rings is 1. The third-order valence-electron chi connectivity index (χ3n) is 4.81. The molecule has 6 nitrogen and oxygen atoms in total. The van der Waals surface area contributed by atoms with Crippen LogP contribution in [0.1, 0.15) is 44.7 Å². The Bertz CT molecular complexity index is 733. The van der Waals surface area contributed by atoms with Gasteiger partial charge in [0, 0.05) is 19.6 Å². The minimum absolute atomic E-state index is 0.0501. The number of Topliss-reactive ketones (excluding diaryl/α,β-unsaturated/α-hetero) is 1. The Hall–Kier alpha value is -2.34. The summed E-state index contributed by atoms with van der Waals surface area (Å²) in [5.74, 6) is -1.12. The van der Waals surface area contributed by atoms with Gasteiger partial charge in [0.05, 0.1) is 17.7 Å². The molecule has 0 bridgehead atoms. The molecule has 0 aliphatic carbocycles. The summed E-state index contributed by atoms with van der Waals surface area (Å²) >= 11 is 0. The highest BCUT2D eigenvalue weighted by Crippen LogP contribution is 2.40. The molecule has 2 aliphatic heterocycles. The Kier molecular flexibility index (Phi) is 5.32. The van der Waals surface area contributed by atoms with Crippen LogP contribution in [0.4, 0.5) is 0 Å². The Balaban J connectivity index is 1.99. The van der Waals surface area contributed by atoms with Gasteiger partial charge in [0.1, 0.15) is 5.75 Å². The molecule has 1 saturated heterocycles. The summed E-state index contributed by atoms with van der Waals surface area (Å²) in [6.45, 7) is 4.79. The molecule has 1 fully saturated rings. The number of phenolic OH excluding ortho intramolecular Hbond substituents is 1. The predicted molar refractivity (Wildman–Crippen MR) is 95.7 cm³/mol. The van der Waals surface area contributed by atoms with E-state index < -0.39 is 17.7 Å². The molecule has 2 unspecified atom stereocenters. The SMILES string of the molecule is CC(C)CC(=O)C1=C(O)C(=O)N(CC2CCCO2)C1c1cccc(O)c1. The molecule has 140 valence electrons. The van der Waals surface area contributed by atoms with E-state index in [1.165, 1.54) is 17.0 Å². The third kappa shape index (κ3) is 3.60. The molecule has 0 saturated carbocycles. The van der Waals surface area contributed by atoms with Crippen molar-refractivity contribution >= 4 is 11.7 Å². The number of nitrogens with zero attached hydrogens (tertiary/aromatic N) is 1. The molecule has 0 aromatic heterocycles. The van der Waals surface area contributed by atoms with Gasteiger partial charge in [-0.1, -0.05) is 26.0 Å². The van der Waals surface area contributed by atoms with E-state index in [0.29, 0.717) is 18.7 Å². The van der Waals surface area contributed by atoms with E-state index in [-0.39, 0.29) is 35.5 Å². The molecule has 1 aromatic carbocycles. The first-order valence-corrected chi connectivity index (χ1v) is 9.06. The summed E-state index contributed by atoms with van der Waals surface area (Å²) in [5.41, 5.74) is 0.722. The van der Waals surface area contributed by atoms with Crippen LogP contribution in [0, 0.1) is 5.92 Å². The number of aliphatic hydroxyl groups is 1. The van der Waals surface area contributed by atoms with Gasteiger partial charge < -0.3 is 19.8 Å². The molecule has 0 spiro atoms. The fourth-order valence-corrected chi connectivity index (χ4v) is 3.66. The summed E-state index contributed by atoms with van der Waals surface area (Å²) in [6, 6.07) is 5.77.